The van der Waals surface area contributed by atoms with E-state index in [1.165, 1.54) is 5.01 Å². The van der Waals surface area contributed by atoms with Crippen LogP contribution in [0.25, 0.3) is 0 Å². The van der Waals surface area contributed by atoms with E-state index in [0.717, 1.165) is 49.8 Å². The molecular weight excluding hydrogens is 268 g/mol. The first-order chi connectivity index (χ1) is 9.63. The maximum Gasteiger partial charge on any atom is 0.107 e. The summed E-state index contributed by atoms with van der Waals surface area (Å²) in [6.45, 7) is 13.2. The number of hydrogen-bond acceptors (Lipinski definition) is 5. The fraction of sp³-hybridized carbons (Fsp3) is 0.733. The summed E-state index contributed by atoms with van der Waals surface area (Å²) >= 11 is 1.72. The molecule has 1 aliphatic rings. The van der Waals surface area contributed by atoms with Crippen LogP contribution in [0.3, 0.4) is 0 Å². The van der Waals surface area contributed by atoms with Gasteiger partial charge >= 0.3 is 0 Å². The Bertz CT molecular complexity index is 467. The average Bonchev–Trinajstić information content (AvgIpc) is 2.83. The molecule has 0 radical (unpaired) electrons. The molecule has 0 amide bonds. The highest BCUT2D eigenvalue weighted by Crippen LogP contribution is 2.26. The SMILES string of the molecule is CCN1CCN(Cc2nc(C(C)C)c(CC#N)s2)CC1. The first-order valence-electron chi connectivity index (χ1n) is 7.44. The van der Waals surface area contributed by atoms with Gasteiger partial charge in [-0.3, -0.25) is 4.90 Å². The van der Waals surface area contributed by atoms with Crippen LogP contribution in [0.4, 0.5) is 0 Å². The minimum atomic E-state index is 0.403. The fourth-order valence-corrected chi connectivity index (χ4v) is 3.78. The van der Waals surface area contributed by atoms with E-state index in [1.807, 2.05) is 0 Å². The fourth-order valence-electron chi connectivity index (χ4n) is 2.59. The third-order valence-corrected chi connectivity index (χ3v) is 4.89. The van der Waals surface area contributed by atoms with E-state index in [9.17, 15) is 0 Å². The Morgan fingerprint density at radius 1 is 1.25 bits per heavy atom. The number of nitriles is 1. The second-order valence-corrected chi connectivity index (χ2v) is 6.78. The van der Waals surface area contributed by atoms with Crippen molar-refractivity contribution in [1.29, 1.82) is 5.26 Å². The smallest absolute Gasteiger partial charge is 0.107 e. The molecule has 2 heterocycles. The molecule has 1 aliphatic heterocycles. The number of aromatic nitrogens is 1. The van der Waals surface area contributed by atoms with E-state index >= 15 is 0 Å². The van der Waals surface area contributed by atoms with E-state index in [2.05, 4.69) is 36.6 Å². The average molecular weight is 292 g/mol. The standard InChI is InChI=1S/C15H24N4S/c1-4-18-7-9-19(10-8-18)11-14-17-15(12(2)3)13(20-14)5-6-16/h12H,4-5,7-11H2,1-3H3. The maximum atomic E-state index is 8.93. The quantitative estimate of drug-likeness (QED) is 0.836. The number of likely N-dealkylation sites (N-methyl/N-ethyl adjacent to an activating group) is 1. The zero-order chi connectivity index (χ0) is 14.5. The molecule has 0 bridgehead atoms. The highest BCUT2D eigenvalue weighted by molar-refractivity contribution is 7.11. The van der Waals surface area contributed by atoms with Crippen molar-refractivity contribution in [3.05, 3.63) is 15.6 Å². The Labute approximate surface area is 126 Å². The summed E-state index contributed by atoms with van der Waals surface area (Å²) in [5, 5.41) is 10.1. The van der Waals surface area contributed by atoms with Gasteiger partial charge in [-0.15, -0.1) is 11.3 Å². The first-order valence-corrected chi connectivity index (χ1v) is 8.25. The van der Waals surface area contributed by atoms with Gasteiger partial charge in [-0.2, -0.15) is 5.26 Å². The molecule has 110 valence electrons. The van der Waals surface area contributed by atoms with Gasteiger partial charge in [-0.1, -0.05) is 20.8 Å². The second-order valence-electron chi connectivity index (χ2n) is 5.62. The van der Waals surface area contributed by atoms with Crippen molar-refractivity contribution in [3.63, 3.8) is 0 Å². The van der Waals surface area contributed by atoms with E-state index in [-0.39, 0.29) is 0 Å². The molecule has 0 spiro atoms. The molecule has 2 rings (SSSR count). The van der Waals surface area contributed by atoms with Crippen LogP contribution in [-0.2, 0) is 13.0 Å². The van der Waals surface area contributed by atoms with Crippen LogP contribution in [-0.4, -0.2) is 47.5 Å². The third-order valence-electron chi connectivity index (χ3n) is 3.83. The van der Waals surface area contributed by atoms with Gasteiger partial charge in [0.1, 0.15) is 5.01 Å². The van der Waals surface area contributed by atoms with Crippen LogP contribution in [0, 0.1) is 11.3 Å². The van der Waals surface area contributed by atoms with Crippen molar-refractivity contribution in [2.24, 2.45) is 0 Å². The van der Waals surface area contributed by atoms with Gasteiger partial charge in [0, 0.05) is 31.1 Å². The second kappa shape index (κ2) is 7.16. The summed E-state index contributed by atoms with van der Waals surface area (Å²) in [7, 11) is 0. The van der Waals surface area contributed by atoms with Crippen LogP contribution in [0.5, 0.6) is 0 Å². The summed E-state index contributed by atoms with van der Waals surface area (Å²) in [6.07, 6.45) is 0.495. The van der Waals surface area contributed by atoms with Gasteiger partial charge in [-0.05, 0) is 12.5 Å². The van der Waals surface area contributed by atoms with Crippen LogP contribution >= 0.6 is 11.3 Å². The lowest BCUT2D eigenvalue weighted by molar-refractivity contribution is 0.132. The van der Waals surface area contributed by atoms with E-state index < -0.39 is 0 Å². The molecule has 0 saturated carbocycles. The molecule has 0 atom stereocenters. The number of piperazine rings is 1. The Balaban J connectivity index is 2.00. The highest BCUT2D eigenvalue weighted by atomic mass is 32.1. The molecule has 0 unspecified atom stereocenters. The van der Waals surface area contributed by atoms with E-state index in [0.29, 0.717) is 12.3 Å². The van der Waals surface area contributed by atoms with Crippen molar-refractivity contribution in [2.75, 3.05) is 32.7 Å². The van der Waals surface area contributed by atoms with E-state index in [1.54, 1.807) is 11.3 Å². The van der Waals surface area contributed by atoms with Crippen LogP contribution < -0.4 is 0 Å². The minimum Gasteiger partial charge on any atom is -0.301 e. The molecule has 1 aromatic heterocycles. The van der Waals surface area contributed by atoms with Crippen LogP contribution in [0.15, 0.2) is 0 Å². The summed E-state index contributed by atoms with van der Waals surface area (Å²) in [5.74, 6) is 0.403. The molecule has 0 N–H and O–H groups in total. The summed E-state index contributed by atoms with van der Waals surface area (Å²) < 4.78 is 0. The minimum absolute atomic E-state index is 0.403. The molecule has 0 aromatic carbocycles. The Morgan fingerprint density at radius 2 is 1.90 bits per heavy atom. The zero-order valence-electron chi connectivity index (χ0n) is 12.7. The normalized spacial score (nSPS) is 17.6. The highest BCUT2D eigenvalue weighted by Gasteiger charge is 2.19. The molecule has 20 heavy (non-hydrogen) atoms. The maximum absolute atomic E-state index is 8.93. The molecule has 1 aromatic rings. The Hall–Kier alpha value is -0.960. The molecular formula is C15H24N4S. The summed E-state index contributed by atoms with van der Waals surface area (Å²) in [4.78, 5) is 10.9. The predicted molar refractivity (Wildman–Crippen MR) is 82.9 cm³/mol. The van der Waals surface area contributed by atoms with Gasteiger partial charge in [0.25, 0.3) is 0 Å². The largest absolute Gasteiger partial charge is 0.301 e. The van der Waals surface area contributed by atoms with Crippen molar-refractivity contribution in [2.45, 2.75) is 39.7 Å². The number of hydrogen-bond donors (Lipinski definition) is 0. The van der Waals surface area contributed by atoms with Gasteiger partial charge < -0.3 is 4.90 Å². The van der Waals surface area contributed by atoms with Crippen molar-refractivity contribution < 1.29 is 0 Å². The van der Waals surface area contributed by atoms with E-state index in [4.69, 9.17) is 10.2 Å². The first kappa shape index (κ1) is 15.4. The topological polar surface area (TPSA) is 43.2 Å². The van der Waals surface area contributed by atoms with Gasteiger partial charge in [0.2, 0.25) is 0 Å². The van der Waals surface area contributed by atoms with Gasteiger partial charge in [-0.25, -0.2) is 4.98 Å². The van der Waals surface area contributed by atoms with Crippen molar-refractivity contribution in [3.8, 4) is 6.07 Å². The lowest BCUT2D eigenvalue weighted by Crippen LogP contribution is -2.45. The van der Waals surface area contributed by atoms with Gasteiger partial charge in [0.05, 0.1) is 24.7 Å². The molecule has 0 aliphatic carbocycles. The Morgan fingerprint density at radius 3 is 2.45 bits per heavy atom. The predicted octanol–water partition coefficient (Wildman–Crippen LogP) is 2.47. The van der Waals surface area contributed by atoms with Crippen LogP contribution in [0.1, 0.15) is 42.3 Å². The van der Waals surface area contributed by atoms with Crippen molar-refractivity contribution >= 4 is 11.3 Å². The zero-order valence-corrected chi connectivity index (χ0v) is 13.5. The Kier molecular flexibility index (Phi) is 5.53. The monoisotopic (exact) mass is 292 g/mol. The number of thiazole rings is 1. The molecule has 1 fully saturated rings. The molecule has 5 heteroatoms. The van der Waals surface area contributed by atoms with Crippen molar-refractivity contribution in [1.82, 2.24) is 14.8 Å². The summed E-state index contributed by atoms with van der Waals surface area (Å²) in [5.41, 5.74) is 1.12. The lowest BCUT2D eigenvalue weighted by Gasteiger charge is -2.33. The third kappa shape index (κ3) is 3.78. The lowest BCUT2D eigenvalue weighted by atomic mass is 10.1. The van der Waals surface area contributed by atoms with Crippen LogP contribution in [0.2, 0.25) is 0 Å². The van der Waals surface area contributed by atoms with Gasteiger partial charge in [0.15, 0.2) is 0 Å². The summed E-state index contributed by atoms with van der Waals surface area (Å²) in [6, 6.07) is 2.26. The number of nitrogens with zero attached hydrogens (tertiary/aromatic N) is 4. The number of rotatable bonds is 5. The molecule has 1 saturated heterocycles. The molecule has 4 nitrogen and oxygen atoms in total.